The summed E-state index contributed by atoms with van der Waals surface area (Å²) >= 11 is 1.72. The van der Waals surface area contributed by atoms with Crippen LogP contribution < -0.4 is 5.32 Å². The molecule has 3 nitrogen and oxygen atoms in total. The van der Waals surface area contributed by atoms with E-state index in [1.54, 1.807) is 11.3 Å². The topological polar surface area (TPSA) is 37.8 Å². The minimum absolute atomic E-state index is 0.537. The van der Waals surface area contributed by atoms with Crippen LogP contribution in [0.3, 0.4) is 0 Å². The molecular weight excluding hydrogens is 254 g/mol. The molecule has 0 bridgehead atoms. The van der Waals surface area contributed by atoms with Crippen molar-refractivity contribution in [2.45, 2.75) is 38.0 Å². The fourth-order valence-electron chi connectivity index (χ4n) is 2.23. The van der Waals surface area contributed by atoms with Gasteiger partial charge in [-0.05, 0) is 24.8 Å². The monoisotopic (exact) mass is 273 g/mol. The number of benzene rings is 1. The standard InChI is InChI=1S/C15H19N3S/c1-2-11(12-6-4-3-5-7-12)10-16-15-18-17-14(19-15)13-8-9-13/h3-7,11,13H,2,8-10H2,1H3,(H,16,18). The Morgan fingerprint density at radius 3 is 2.74 bits per heavy atom. The molecule has 0 radical (unpaired) electrons. The lowest BCUT2D eigenvalue weighted by atomic mass is 9.97. The van der Waals surface area contributed by atoms with Gasteiger partial charge in [-0.1, -0.05) is 48.6 Å². The Morgan fingerprint density at radius 2 is 2.05 bits per heavy atom. The first kappa shape index (κ1) is 12.6. The molecule has 0 saturated heterocycles. The van der Waals surface area contributed by atoms with Crippen molar-refractivity contribution < 1.29 is 0 Å². The summed E-state index contributed by atoms with van der Waals surface area (Å²) in [6.07, 6.45) is 3.71. The number of nitrogens with one attached hydrogen (secondary N) is 1. The van der Waals surface area contributed by atoms with Crippen LogP contribution in [0.2, 0.25) is 0 Å². The van der Waals surface area contributed by atoms with Crippen molar-refractivity contribution in [2.75, 3.05) is 11.9 Å². The van der Waals surface area contributed by atoms with Crippen LogP contribution in [0.5, 0.6) is 0 Å². The van der Waals surface area contributed by atoms with Gasteiger partial charge >= 0.3 is 0 Å². The fraction of sp³-hybridized carbons (Fsp3) is 0.467. The van der Waals surface area contributed by atoms with Gasteiger partial charge in [0, 0.05) is 18.4 Å². The molecule has 0 amide bonds. The van der Waals surface area contributed by atoms with Crippen LogP contribution >= 0.6 is 11.3 Å². The first-order valence-corrected chi connectivity index (χ1v) is 7.80. The van der Waals surface area contributed by atoms with Gasteiger partial charge in [0.1, 0.15) is 5.01 Å². The molecule has 3 rings (SSSR count). The van der Waals surface area contributed by atoms with Crippen LogP contribution in [0.25, 0.3) is 0 Å². The van der Waals surface area contributed by atoms with Crippen molar-refractivity contribution in [3.05, 3.63) is 40.9 Å². The Kier molecular flexibility index (Phi) is 3.78. The Bertz CT molecular complexity index is 519. The maximum atomic E-state index is 4.26. The number of anilines is 1. The summed E-state index contributed by atoms with van der Waals surface area (Å²) < 4.78 is 0. The van der Waals surface area contributed by atoms with Gasteiger partial charge in [0.25, 0.3) is 0 Å². The van der Waals surface area contributed by atoms with E-state index in [9.17, 15) is 0 Å². The Balaban J connectivity index is 1.60. The summed E-state index contributed by atoms with van der Waals surface area (Å²) in [5.41, 5.74) is 1.39. The molecule has 2 aromatic rings. The van der Waals surface area contributed by atoms with E-state index >= 15 is 0 Å². The van der Waals surface area contributed by atoms with Crippen molar-refractivity contribution in [1.82, 2.24) is 10.2 Å². The quantitative estimate of drug-likeness (QED) is 0.863. The van der Waals surface area contributed by atoms with Gasteiger partial charge in [-0.3, -0.25) is 0 Å². The Morgan fingerprint density at radius 1 is 1.26 bits per heavy atom. The van der Waals surface area contributed by atoms with Gasteiger partial charge in [0.15, 0.2) is 0 Å². The maximum Gasteiger partial charge on any atom is 0.205 e. The number of rotatable bonds is 6. The lowest BCUT2D eigenvalue weighted by Crippen LogP contribution is -2.11. The lowest BCUT2D eigenvalue weighted by Gasteiger charge is -2.15. The summed E-state index contributed by atoms with van der Waals surface area (Å²) in [5, 5.41) is 14.1. The zero-order valence-electron chi connectivity index (χ0n) is 11.2. The highest BCUT2D eigenvalue weighted by atomic mass is 32.1. The van der Waals surface area contributed by atoms with E-state index < -0.39 is 0 Å². The SMILES string of the molecule is CCC(CNc1nnc(C2CC2)s1)c1ccccc1. The van der Waals surface area contributed by atoms with E-state index in [0.29, 0.717) is 11.8 Å². The van der Waals surface area contributed by atoms with E-state index in [-0.39, 0.29) is 0 Å². The molecule has 1 aromatic carbocycles. The molecule has 1 aliphatic rings. The van der Waals surface area contributed by atoms with Crippen LogP contribution in [0, 0.1) is 0 Å². The van der Waals surface area contributed by atoms with Crippen LogP contribution in [0.15, 0.2) is 30.3 Å². The fourth-order valence-corrected chi connectivity index (χ4v) is 3.15. The average Bonchev–Trinajstić information content (AvgIpc) is 3.20. The normalized spacial score (nSPS) is 16.3. The van der Waals surface area contributed by atoms with Gasteiger partial charge in [-0.25, -0.2) is 0 Å². The lowest BCUT2D eigenvalue weighted by molar-refractivity contribution is 0.694. The Labute approximate surface area is 118 Å². The third-order valence-electron chi connectivity index (χ3n) is 3.63. The third-order valence-corrected chi connectivity index (χ3v) is 4.67. The predicted octanol–water partition coefficient (Wildman–Crippen LogP) is 4.02. The number of nitrogens with zero attached hydrogens (tertiary/aromatic N) is 2. The maximum absolute atomic E-state index is 4.26. The van der Waals surface area contributed by atoms with E-state index in [1.807, 2.05) is 0 Å². The van der Waals surface area contributed by atoms with Gasteiger partial charge in [-0.15, -0.1) is 10.2 Å². The highest BCUT2D eigenvalue weighted by molar-refractivity contribution is 7.15. The van der Waals surface area contributed by atoms with Gasteiger partial charge in [-0.2, -0.15) is 0 Å². The molecule has 0 spiro atoms. The van der Waals surface area contributed by atoms with Crippen LogP contribution in [0.1, 0.15) is 48.6 Å². The molecule has 1 atom stereocenters. The smallest absolute Gasteiger partial charge is 0.205 e. The molecule has 19 heavy (non-hydrogen) atoms. The Hall–Kier alpha value is -1.42. The molecule has 0 aliphatic heterocycles. The van der Waals surface area contributed by atoms with Gasteiger partial charge in [0.05, 0.1) is 0 Å². The molecule has 1 saturated carbocycles. The van der Waals surface area contributed by atoms with Crippen molar-refractivity contribution >= 4 is 16.5 Å². The van der Waals surface area contributed by atoms with Crippen molar-refractivity contribution in [3.8, 4) is 0 Å². The van der Waals surface area contributed by atoms with Crippen molar-refractivity contribution in [3.63, 3.8) is 0 Å². The van der Waals surface area contributed by atoms with E-state index in [4.69, 9.17) is 0 Å². The molecular formula is C15H19N3S. The second-order valence-corrected chi connectivity index (χ2v) is 6.13. The zero-order valence-corrected chi connectivity index (χ0v) is 12.0. The molecule has 4 heteroatoms. The second-order valence-electron chi connectivity index (χ2n) is 5.12. The summed E-state index contributed by atoms with van der Waals surface area (Å²) in [6.45, 7) is 3.16. The summed E-state index contributed by atoms with van der Waals surface area (Å²) in [4.78, 5) is 0. The van der Waals surface area contributed by atoms with Crippen molar-refractivity contribution in [1.29, 1.82) is 0 Å². The first-order valence-electron chi connectivity index (χ1n) is 6.99. The predicted molar refractivity (Wildman–Crippen MR) is 79.8 cm³/mol. The first-order chi connectivity index (χ1) is 9.36. The number of aromatic nitrogens is 2. The number of hydrogen-bond donors (Lipinski definition) is 1. The van der Waals surface area contributed by atoms with E-state index in [1.165, 1.54) is 23.4 Å². The van der Waals surface area contributed by atoms with E-state index in [0.717, 1.165) is 18.1 Å². The van der Waals surface area contributed by atoms with Gasteiger partial charge in [0.2, 0.25) is 5.13 Å². The third kappa shape index (κ3) is 3.13. The molecule has 1 aromatic heterocycles. The van der Waals surface area contributed by atoms with Crippen LogP contribution in [-0.4, -0.2) is 16.7 Å². The molecule has 1 heterocycles. The summed E-state index contributed by atoms with van der Waals surface area (Å²) in [7, 11) is 0. The summed E-state index contributed by atoms with van der Waals surface area (Å²) in [5.74, 6) is 1.23. The average molecular weight is 273 g/mol. The van der Waals surface area contributed by atoms with E-state index in [2.05, 4.69) is 52.8 Å². The van der Waals surface area contributed by atoms with Crippen molar-refractivity contribution in [2.24, 2.45) is 0 Å². The summed E-state index contributed by atoms with van der Waals surface area (Å²) in [6, 6.07) is 10.7. The van der Waals surface area contributed by atoms with Gasteiger partial charge < -0.3 is 5.32 Å². The minimum atomic E-state index is 0.537. The molecule has 100 valence electrons. The molecule has 1 unspecified atom stereocenters. The second kappa shape index (κ2) is 5.70. The number of hydrogen-bond acceptors (Lipinski definition) is 4. The minimum Gasteiger partial charge on any atom is -0.359 e. The largest absolute Gasteiger partial charge is 0.359 e. The van der Waals surface area contributed by atoms with Crippen LogP contribution in [0.4, 0.5) is 5.13 Å². The van der Waals surface area contributed by atoms with Crippen LogP contribution in [-0.2, 0) is 0 Å². The molecule has 1 N–H and O–H groups in total. The highest BCUT2D eigenvalue weighted by Gasteiger charge is 2.27. The molecule has 1 aliphatic carbocycles. The molecule has 1 fully saturated rings. The zero-order chi connectivity index (χ0) is 13.1. The highest BCUT2D eigenvalue weighted by Crippen LogP contribution is 2.42.